The Balaban J connectivity index is 1.68. The van der Waals surface area contributed by atoms with Gasteiger partial charge >= 0.3 is 0 Å². The van der Waals surface area contributed by atoms with Gasteiger partial charge in [0.1, 0.15) is 11.5 Å². The third-order valence-electron chi connectivity index (χ3n) is 7.74. The number of alkyl halides is 1. The normalized spacial score (nSPS) is 33.8. The standard InChI is InChI=1S/C24H35ClO2Si/c1-23(2,3)28(5,6)27-20-9-7-8-17(12-20)22(26-4)21-18-10-16-11-19(21)15-24(25,13-16)14-18/h7-9,12,16,18-19H,10-11,13-15H2,1-6H3/b22-21-/t16?,18-,19+,24?/m0/s1. The first-order chi connectivity index (χ1) is 13.0. The molecule has 4 saturated carbocycles. The number of methoxy groups -OCH3 is 1. The Kier molecular flexibility index (Phi) is 4.94. The van der Waals surface area contributed by atoms with Crippen molar-refractivity contribution in [1.29, 1.82) is 0 Å². The average molecular weight is 419 g/mol. The third kappa shape index (κ3) is 3.54. The maximum Gasteiger partial charge on any atom is 0.250 e. The van der Waals surface area contributed by atoms with Crippen molar-refractivity contribution in [2.24, 2.45) is 17.8 Å². The molecule has 0 saturated heterocycles. The summed E-state index contributed by atoms with van der Waals surface area (Å²) in [4.78, 5) is 0.0478. The van der Waals surface area contributed by atoms with Crippen molar-refractivity contribution >= 4 is 25.7 Å². The molecule has 1 aromatic rings. The second-order valence-electron chi connectivity index (χ2n) is 10.9. The van der Waals surface area contributed by atoms with E-state index in [9.17, 15) is 0 Å². The molecule has 5 rings (SSSR count). The van der Waals surface area contributed by atoms with Gasteiger partial charge in [-0.15, -0.1) is 11.6 Å². The molecule has 0 aliphatic heterocycles. The van der Waals surface area contributed by atoms with Crippen molar-refractivity contribution in [3.63, 3.8) is 0 Å². The van der Waals surface area contributed by atoms with Crippen molar-refractivity contribution in [1.82, 2.24) is 0 Å². The van der Waals surface area contributed by atoms with E-state index in [1.54, 1.807) is 0 Å². The fourth-order valence-corrected chi connectivity index (χ4v) is 7.23. The van der Waals surface area contributed by atoms with Crippen LogP contribution >= 0.6 is 11.6 Å². The zero-order valence-electron chi connectivity index (χ0n) is 18.3. The highest BCUT2D eigenvalue weighted by molar-refractivity contribution is 6.74. The van der Waals surface area contributed by atoms with E-state index in [0.29, 0.717) is 11.8 Å². The van der Waals surface area contributed by atoms with Crippen LogP contribution in [0.1, 0.15) is 58.4 Å². The summed E-state index contributed by atoms with van der Waals surface area (Å²) < 4.78 is 12.6. The van der Waals surface area contributed by atoms with Gasteiger partial charge in [-0.25, -0.2) is 0 Å². The minimum Gasteiger partial charge on any atom is -0.543 e. The van der Waals surface area contributed by atoms with Crippen LogP contribution in [0.3, 0.4) is 0 Å². The van der Waals surface area contributed by atoms with E-state index < -0.39 is 8.32 Å². The number of halogens is 1. The molecule has 28 heavy (non-hydrogen) atoms. The van der Waals surface area contributed by atoms with E-state index in [1.807, 2.05) is 7.11 Å². The Hall–Kier alpha value is -0.933. The Morgan fingerprint density at radius 2 is 1.75 bits per heavy atom. The van der Waals surface area contributed by atoms with E-state index in [4.69, 9.17) is 20.8 Å². The highest BCUT2D eigenvalue weighted by atomic mass is 35.5. The first-order valence-electron chi connectivity index (χ1n) is 10.8. The zero-order chi connectivity index (χ0) is 20.3. The van der Waals surface area contributed by atoms with E-state index in [1.165, 1.54) is 24.8 Å². The first kappa shape index (κ1) is 20.3. The van der Waals surface area contributed by atoms with E-state index >= 15 is 0 Å². The minimum absolute atomic E-state index is 0.0478. The quantitative estimate of drug-likeness (QED) is 0.291. The number of ether oxygens (including phenoxy) is 1. The van der Waals surface area contributed by atoms with Crippen LogP contribution in [0.4, 0.5) is 0 Å². The number of benzene rings is 1. The van der Waals surface area contributed by atoms with Crippen LogP contribution in [0.5, 0.6) is 5.75 Å². The number of allylic oxidation sites excluding steroid dienone is 1. The summed E-state index contributed by atoms with van der Waals surface area (Å²) in [6, 6.07) is 8.56. The SMILES string of the molecule is CO/C(=C1\[C@@H]2CC3C[C@H]1CC(Cl)(C3)C2)c1cccc(O[Si](C)(C)C(C)(C)C)c1. The lowest BCUT2D eigenvalue weighted by Crippen LogP contribution is -2.48. The van der Waals surface area contributed by atoms with Gasteiger partial charge in [0.25, 0.3) is 0 Å². The molecule has 0 heterocycles. The summed E-state index contributed by atoms with van der Waals surface area (Å²) >= 11 is 6.95. The van der Waals surface area contributed by atoms with E-state index in [-0.39, 0.29) is 9.91 Å². The van der Waals surface area contributed by atoms with Crippen LogP contribution in [-0.4, -0.2) is 20.3 Å². The molecule has 4 fully saturated rings. The fraction of sp³-hybridized carbons (Fsp3) is 0.667. The monoisotopic (exact) mass is 418 g/mol. The predicted molar refractivity (Wildman–Crippen MR) is 120 cm³/mol. The smallest absolute Gasteiger partial charge is 0.250 e. The van der Waals surface area contributed by atoms with E-state index in [2.05, 4.69) is 58.1 Å². The summed E-state index contributed by atoms with van der Waals surface area (Å²) in [6.07, 6.45) is 6.02. The minimum atomic E-state index is -1.86. The predicted octanol–water partition coefficient (Wildman–Crippen LogP) is 7.25. The highest BCUT2D eigenvalue weighted by Gasteiger charge is 2.53. The van der Waals surface area contributed by atoms with Crippen LogP contribution in [0.25, 0.3) is 5.76 Å². The lowest BCUT2D eigenvalue weighted by molar-refractivity contribution is 0.0843. The maximum absolute atomic E-state index is 6.95. The van der Waals surface area contributed by atoms with Gasteiger partial charge in [0, 0.05) is 10.4 Å². The summed E-state index contributed by atoms with van der Waals surface area (Å²) in [6.45, 7) is 11.4. The number of hydrogen-bond acceptors (Lipinski definition) is 2. The molecule has 0 radical (unpaired) electrons. The molecule has 154 valence electrons. The van der Waals surface area contributed by atoms with Crippen LogP contribution in [0, 0.1) is 17.8 Å². The lowest BCUT2D eigenvalue weighted by atomic mass is 9.53. The topological polar surface area (TPSA) is 18.5 Å². The van der Waals surface area contributed by atoms with Gasteiger partial charge in [-0.1, -0.05) is 32.9 Å². The lowest BCUT2D eigenvalue weighted by Gasteiger charge is -2.55. The summed E-state index contributed by atoms with van der Waals surface area (Å²) in [5, 5.41) is 0.182. The van der Waals surface area contributed by atoms with Crippen molar-refractivity contribution in [2.45, 2.75) is 75.9 Å². The summed E-state index contributed by atoms with van der Waals surface area (Å²) in [5.74, 6) is 4.03. The molecule has 0 amide bonds. The number of rotatable bonds is 4. The molecule has 2 unspecified atom stereocenters. The molecule has 1 aromatic carbocycles. The Morgan fingerprint density at radius 1 is 1.11 bits per heavy atom. The molecule has 4 aliphatic rings. The van der Waals surface area contributed by atoms with Gasteiger partial charge in [-0.2, -0.15) is 0 Å². The molecule has 2 nitrogen and oxygen atoms in total. The van der Waals surface area contributed by atoms with Gasteiger partial charge in [0.2, 0.25) is 8.32 Å². The summed E-state index contributed by atoms with van der Waals surface area (Å²) in [7, 11) is -0.0388. The number of hydrogen-bond donors (Lipinski definition) is 0. The van der Waals surface area contributed by atoms with Gasteiger partial charge < -0.3 is 9.16 Å². The van der Waals surface area contributed by atoms with Crippen molar-refractivity contribution in [3.8, 4) is 5.75 Å². The van der Waals surface area contributed by atoms with Gasteiger partial charge in [-0.3, -0.25) is 0 Å². The molecule has 4 aliphatic carbocycles. The summed E-state index contributed by atoms with van der Waals surface area (Å²) in [5.41, 5.74) is 2.68. The van der Waals surface area contributed by atoms with Crippen LogP contribution in [0.15, 0.2) is 29.8 Å². The fourth-order valence-electron chi connectivity index (χ4n) is 5.61. The van der Waals surface area contributed by atoms with Crippen molar-refractivity contribution < 1.29 is 9.16 Å². The Morgan fingerprint density at radius 3 is 2.29 bits per heavy atom. The molecule has 4 heteroatoms. The van der Waals surface area contributed by atoms with Gasteiger partial charge in [-0.05, 0) is 85.7 Å². The first-order valence-corrected chi connectivity index (χ1v) is 14.1. The van der Waals surface area contributed by atoms with Gasteiger partial charge in [0.15, 0.2) is 0 Å². The van der Waals surface area contributed by atoms with Gasteiger partial charge in [0.05, 0.1) is 7.11 Å². The van der Waals surface area contributed by atoms with Crippen molar-refractivity contribution in [3.05, 3.63) is 35.4 Å². The third-order valence-corrected chi connectivity index (χ3v) is 12.6. The maximum atomic E-state index is 6.95. The van der Waals surface area contributed by atoms with Crippen LogP contribution in [-0.2, 0) is 4.74 Å². The molecule has 0 spiro atoms. The second-order valence-corrected chi connectivity index (χ2v) is 16.4. The molecule has 0 aromatic heterocycles. The van der Waals surface area contributed by atoms with E-state index in [0.717, 1.165) is 35.8 Å². The highest BCUT2D eigenvalue weighted by Crippen LogP contribution is 2.61. The molecule has 4 bridgehead atoms. The molecule has 0 N–H and O–H groups in total. The van der Waals surface area contributed by atoms with Crippen LogP contribution in [0.2, 0.25) is 18.1 Å². The largest absolute Gasteiger partial charge is 0.543 e. The Bertz CT molecular complexity index is 774. The molecule has 4 atom stereocenters. The second kappa shape index (κ2) is 6.80. The van der Waals surface area contributed by atoms with Crippen molar-refractivity contribution in [2.75, 3.05) is 7.11 Å². The average Bonchev–Trinajstić information content (AvgIpc) is 2.55. The Labute approximate surface area is 176 Å². The molecular formula is C24H35ClO2Si. The van der Waals surface area contributed by atoms with Crippen LogP contribution < -0.4 is 4.43 Å². The molecular weight excluding hydrogens is 384 g/mol. The zero-order valence-corrected chi connectivity index (χ0v) is 20.0.